The number of nitrogens with zero attached hydrogens (tertiary/aromatic N) is 1. The van der Waals surface area contributed by atoms with Crippen LogP contribution in [0.4, 0.5) is 5.69 Å². The quantitative estimate of drug-likeness (QED) is 0.621. The fraction of sp³-hybridized carbons (Fsp3) is 0.150. The van der Waals surface area contributed by atoms with Crippen molar-refractivity contribution < 1.29 is 14.3 Å². The molecular formula is C20H17N3O3S2. The Morgan fingerprint density at radius 2 is 2.18 bits per heavy atom. The number of benzene rings is 2. The summed E-state index contributed by atoms with van der Waals surface area (Å²) in [5.41, 5.74) is 2.90. The van der Waals surface area contributed by atoms with E-state index in [1.807, 2.05) is 42.7 Å². The van der Waals surface area contributed by atoms with E-state index in [2.05, 4.69) is 15.6 Å². The normalized spacial score (nSPS) is 12.8. The molecule has 0 bridgehead atoms. The molecule has 0 spiro atoms. The van der Waals surface area contributed by atoms with Gasteiger partial charge in [0.1, 0.15) is 5.75 Å². The van der Waals surface area contributed by atoms with Gasteiger partial charge >= 0.3 is 0 Å². The van der Waals surface area contributed by atoms with Crippen LogP contribution in [-0.2, 0) is 11.3 Å². The number of pyridine rings is 1. The molecule has 1 aliphatic rings. The topological polar surface area (TPSA) is 80.3 Å². The lowest BCUT2D eigenvalue weighted by Gasteiger charge is -2.18. The summed E-state index contributed by atoms with van der Waals surface area (Å²) >= 11 is 0. The highest BCUT2D eigenvalue weighted by Gasteiger charge is 2.17. The second kappa shape index (κ2) is 8.12. The summed E-state index contributed by atoms with van der Waals surface area (Å²) in [6, 6.07) is 13.0. The number of nitrogens with one attached hydrogen (secondary N) is 2. The Bertz CT molecular complexity index is 1070. The Morgan fingerprint density at radius 1 is 1.29 bits per heavy atom. The van der Waals surface area contributed by atoms with Gasteiger partial charge in [-0.1, -0.05) is 33.7 Å². The second-order valence-electron chi connectivity index (χ2n) is 6.11. The van der Waals surface area contributed by atoms with Crippen molar-refractivity contribution in [2.24, 2.45) is 0 Å². The van der Waals surface area contributed by atoms with Gasteiger partial charge in [-0.2, -0.15) is 0 Å². The summed E-state index contributed by atoms with van der Waals surface area (Å²) < 4.78 is 5.35. The van der Waals surface area contributed by atoms with Crippen molar-refractivity contribution in [1.29, 1.82) is 0 Å². The first-order valence-corrected chi connectivity index (χ1v) is 11.1. The van der Waals surface area contributed by atoms with Crippen LogP contribution >= 0.6 is 21.6 Å². The molecule has 3 aromatic rings. The van der Waals surface area contributed by atoms with Crippen LogP contribution < -0.4 is 15.4 Å². The van der Waals surface area contributed by atoms with Gasteiger partial charge in [0.2, 0.25) is 0 Å². The summed E-state index contributed by atoms with van der Waals surface area (Å²) in [6.07, 6.45) is 3.74. The number of fused-ring (bicyclic) bond motifs is 2. The van der Waals surface area contributed by atoms with Gasteiger partial charge in [0.05, 0.1) is 11.2 Å². The van der Waals surface area contributed by atoms with Gasteiger partial charge in [0.25, 0.3) is 11.8 Å². The van der Waals surface area contributed by atoms with Crippen LogP contribution in [0.15, 0.2) is 53.6 Å². The first-order valence-electron chi connectivity index (χ1n) is 8.58. The molecule has 8 heteroatoms. The first-order chi connectivity index (χ1) is 13.7. The largest absolute Gasteiger partial charge is 0.482 e. The summed E-state index contributed by atoms with van der Waals surface area (Å²) in [4.78, 5) is 29.7. The van der Waals surface area contributed by atoms with Gasteiger partial charge in [-0.05, 0) is 42.2 Å². The smallest absolute Gasteiger partial charge is 0.262 e. The van der Waals surface area contributed by atoms with E-state index in [1.54, 1.807) is 33.9 Å². The lowest BCUT2D eigenvalue weighted by Crippen LogP contribution is -2.26. The molecule has 0 unspecified atom stereocenters. The maximum Gasteiger partial charge on any atom is 0.262 e. The van der Waals surface area contributed by atoms with Gasteiger partial charge in [-0.15, -0.1) is 0 Å². The molecular weight excluding hydrogens is 394 g/mol. The second-order valence-corrected chi connectivity index (χ2v) is 8.55. The first kappa shape index (κ1) is 18.6. The third kappa shape index (κ3) is 3.79. The molecule has 1 aromatic heterocycles. The molecule has 0 saturated carbocycles. The monoisotopic (exact) mass is 411 g/mol. The van der Waals surface area contributed by atoms with E-state index in [4.69, 9.17) is 4.74 Å². The lowest BCUT2D eigenvalue weighted by molar-refractivity contribution is -0.118. The van der Waals surface area contributed by atoms with E-state index < -0.39 is 0 Å². The highest BCUT2D eigenvalue weighted by atomic mass is 33.1. The van der Waals surface area contributed by atoms with E-state index >= 15 is 0 Å². The fourth-order valence-electron chi connectivity index (χ4n) is 3.02. The Morgan fingerprint density at radius 3 is 3.04 bits per heavy atom. The number of rotatable bonds is 5. The number of aromatic nitrogens is 1. The van der Waals surface area contributed by atoms with E-state index in [9.17, 15) is 9.59 Å². The molecule has 4 rings (SSSR count). The highest BCUT2D eigenvalue weighted by Crippen LogP contribution is 2.34. The van der Waals surface area contributed by atoms with Gasteiger partial charge in [0, 0.05) is 28.6 Å². The van der Waals surface area contributed by atoms with Gasteiger partial charge in [-0.25, -0.2) is 0 Å². The standard InChI is InChI=1S/C20H17N3O3S2/c1-27-28-17-7-5-14(13-3-2-8-21-19(13)17)20(25)22-10-12-4-6-16-15(9-12)23-18(24)11-26-16/h2-9H,10-11H2,1H3,(H,22,25)(H,23,24). The Labute approximate surface area is 169 Å². The Balaban J connectivity index is 1.54. The predicted molar refractivity (Wildman–Crippen MR) is 113 cm³/mol. The van der Waals surface area contributed by atoms with E-state index in [-0.39, 0.29) is 18.4 Å². The molecule has 6 nitrogen and oxygen atoms in total. The van der Waals surface area contributed by atoms with Crippen molar-refractivity contribution in [3.05, 3.63) is 59.8 Å². The molecule has 2 amide bonds. The number of anilines is 1. The summed E-state index contributed by atoms with van der Waals surface area (Å²) in [5.74, 6) is 0.279. The van der Waals surface area contributed by atoms with Crippen molar-refractivity contribution in [3.63, 3.8) is 0 Å². The van der Waals surface area contributed by atoms with Gasteiger partial charge < -0.3 is 15.4 Å². The van der Waals surface area contributed by atoms with E-state index in [0.29, 0.717) is 23.5 Å². The summed E-state index contributed by atoms with van der Waals surface area (Å²) in [5, 5.41) is 6.54. The number of carbonyl (C=O) groups excluding carboxylic acids is 2. The minimum atomic E-state index is -0.184. The average molecular weight is 412 g/mol. The van der Waals surface area contributed by atoms with Crippen LogP contribution in [0.3, 0.4) is 0 Å². The maximum atomic E-state index is 12.8. The third-order valence-electron chi connectivity index (χ3n) is 4.28. The van der Waals surface area contributed by atoms with Crippen molar-refractivity contribution in [2.75, 3.05) is 18.2 Å². The molecule has 0 atom stereocenters. The summed E-state index contributed by atoms with van der Waals surface area (Å²) in [7, 11) is 3.26. The molecule has 142 valence electrons. The zero-order chi connectivity index (χ0) is 19.5. The molecule has 1 aliphatic heterocycles. The van der Waals surface area contributed by atoms with Crippen LogP contribution in [0, 0.1) is 0 Å². The van der Waals surface area contributed by atoms with Gasteiger partial charge in [0.15, 0.2) is 6.61 Å². The van der Waals surface area contributed by atoms with Crippen molar-refractivity contribution >= 4 is 50.0 Å². The average Bonchev–Trinajstić information content (AvgIpc) is 2.72. The van der Waals surface area contributed by atoms with Crippen LogP contribution in [0.2, 0.25) is 0 Å². The molecule has 2 N–H and O–H groups in total. The SMILES string of the molecule is CSSc1ccc(C(=O)NCc2ccc3c(c2)NC(=O)CO3)c2cccnc12. The van der Waals surface area contributed by atoms with Gasteiger partial charge in [-0.3, -0.25) is 14.6 Å². The maximum absolute atomic E-state index is 12.8. The molecule has 0 aliphatic carbocycles. The fourth-order valence-corrected chi connectivity index (χ4v) is 4.51. The number of hydrogen-bond donors (Lipinski definition) is 2. The Kier molecular flexibility index (Phi) is 5.40. The minimum Gasteiger partial charge on any atom is -0.482 e. The molecule has 28 heavy (non-hydrogen) atoms. The molecule has 0 fully saturated rings. The molecule has 0 radical (unpaired) electrons. The minimum absolute atomic E-state index is 0.0228. The summed E-state index contributed by atoms with van der Waals surface area (Å²) in [6.45, 7) is 0.361. The van der Waals surface area contributed by atoms with Crippen molar-refractivity contribution in [1.82, 2.24) is 10.3 Å². The molecule has 0 saturated heterocycles. The zero-order valence-electron chi connectivity index (χ0n) is 15.0. The molecule has 2 heterocycles. The van der Waals surface area contributed by atoms with Crippen LogP contribution in [0.25, 0.3) is 10.9 Å². The number of ether oxygens (including phenoxy) is 1. The Hall–Kier alpha value is -2.71. The number of hydrogen-bond acceptors (Lipinski definition) is 6. The van der Waals surface area contributed by atoms with Crippen LogP contribution in [0.1, 0.15) is 15.9 Å². The van der Waals surface area contributed by atoms with Crippen molar-refractivity contribution in [2.45, 2.75) is 11.4 Å². The third-order valence-corrected chi connectivity index (χ3v) is 5.99. The van der Waals surface area contributed by atoms with E-state index in [0.717, 1.165) is 21.4 Å². The van der Waals surface area contributed by atoms with Crippen LogP contribution in [0.5, 0.6) is 5.75 Å². The van der Waals surface area contributed by atoms with Crippen molar-refractivity contribution in [3.8, 4) is 5.75 Å². The van der Waals surface area contributed by atoms with E-state index in [1.165, 1.54) is 0 Å². The zero-order valence-corrected chi connectivity index (χ0v) is 16.7. The van der Waals surface area contributed by atoms with Crippen LogP contribution in [-0.4, -0.2) is 29.7 Å². The predicted octanol–water partition coefficient (Wildman–Crippen LogP) is 3.87. The number of carbonyl (C=O) groups is 2. The number of amides is 2. The highest BCUT2D eigenvalue weighted by molar-refractivity contribution is 8.76. The molecule has 2 aromatic carbocycles. The lowest BCUT2D eigenvalue weighted by atomic mass is 10.1.